The predicted octanol–water partition coefficient (Wildman–Crippen LogP) is 14.9. The van der Waals surface area contributed by atoms with E-state index in [9.17, 15) is 14.7 Å². The van der Waals surface area contributed by atoms with E-state index in [-0.39, 0.29) is 30.1 Å². The van der Waals surface area contributed by atoms with Gasteiger partial charge in [0.15, 0.2) is 0 Å². The standard InChI is InChI=1S/C51H99NO5/c1-6-9-12-15-18-25-34-46-56-48(54)50(4,5)38-28-21-23-32-42-52(44-35-45-53)43-33-24-22-29-39-51(40-30-31-41-51)49(55)57-47(36-26-19-16-13-10-7-2)37-27-20-17-14-11-8-3/h47,53H,6-46H2,1-5H3. The molecule has 0 radical (unpaired) electrons. The zero-order chi connectivity index (χ0) is 41.7. The largest absolute Gasteiger partial charge is 0.465 e. The van der Waals surface area contributed by atoms with Crippen LogP contribution in [0, 0.1) is 10.8 Å². The van der Waals surface area contributed by atoms with E-state index < -0.39 is 5.41 Å². The number of unbranched alkanes of at least 4 members (excludes halogenated alkanes) is 22. The summed E-state index contributed by atoms with van der Waals surface area (Å²) in [5.74, 6) is 0.104. The second-order valence-corrected chi connectivity index (χ2v) is 19.0. The van der Waals surface area contributed by atoms with E-state index in [2.05, 4.69) is 25.7 Å². The first kappa shape index (κ1) is 53.9. The van der Waals surface area contributed by atoms with Gasteiger partial charge in [-0.15, -0.1) is 0 Å². The van der Waals surface area contributed by atoms with Gasteiger partial charge in [0.1, 0.15) is 6.10 Å². The third-order valence-electron chi connectivity index (χ3n) is 13.1. The molecule has 0 atom stereocenters. The van der Waals surface area contributed by atoms with Gasteiger partial charge in [-0.25, -0.2) is 0 Å². The van der Waals surface area contributed by atoms with Gasteiger partial charge in [0.2, 0.25) is 0 Å². The van der Waals surface area contributed by atoms with Gasteiger partial charge in [-0.05, 0) is 104 Å². The average molecular weight is 806 g/mol. The molecule has 1 saturated carbocycles. The summed E-state index contributed by atoms with van der Waals surface area (Å²) >= 11 is 0. The number of aliphatic hydroxyl groups excluding tert-OH is 1. The molecule has 57 heavy (non-hydrogen) atoms. The van der Waals surface area contributed by atoms with Crippen molar-refractivity contribution < 1.29 is 24.2 Å². The van der Waals surface area contributed by atoms with Gasteiger partial charge in [0.25, 0.3) is 0 Å². The van der Waals surface area contributed by atoms with Crippen molar-refractivity contribution in [3.63, 3.8) is 0 Å². The molecule has 0 aromatic rings. The predicted molar refractivity (Wildman–Crippen MR) is 244 cm³/mol. The SMILES string of the molecule is CCCCCCCCCOC(=O)C(C)(C)CCCCCCN(CCCO)CCCCCCC1(C(=O)OC(CCCCCCCC)CCCCCCCC)CCCC1. The lowest BCUT2D eigenvalue weighted by Gasteiger charge is -2.30. The van der Waals surface area contributed by atoms with Gasteiger partial charge < -0.3 is 19.5 Å². The number of hydrogen-bond acceptors (Lipinski definition) is 6. The van der Waals surface area contributed by atoms with Crippen LogP contribution >= 0.6 is 0 Å². The summed E-state index contributed by atoms with van der Waals surface area (Å²) in [5, 5.41) is 9.53. The summed E-state index contributed by atoms with van der Waals surface area (Å²) in [5.41, 5.74) is -0.647. The maximum Gasteiger partial charge on any atom is 0.312 e. The first-order valence-corrected chi connectivity index (χ1v) is 25.5. The molecule has 1 N–H and O–H groups in total. The first-order valence-electron chi connectivity index (χ1n) is 25.5. The zero-order valence-corrected chi connectivity index (χ0v) is 39.1. The second-order valence-electron chi connectivity index (χ2n) is 19.0. The molecular formula is C51H99NO5. The quantitative estimate of drug-likeness (QED) is 0.0489. The van der Waals surface area contributed by atoms with Gasteiger partial charge in [-0.2, -0.15) is 0 Å². The van der Waals surface area contributed by atoms with Gasteiger partial charge in [0, 0.05) is 13.2 Å². The highest BCUT2D eigenvalue weighted by Gasteiger charge is 2.42. The lowest BCUT2D eigenvalue weighted by atomic mass is 9.80. The minimum atomic E-state index is -0.408. The molecule has 0 heterocycles. The average Bonchev–Trinajstić information content (AvgIpc) is 3.69. The maximum atomic E-state index is 13.9. The number of hydrogen-bond donors (Lipinski definition) is 1. The van der Waals surface area contributed by atoms with Crippen LogP contribution in [-0.4, -0.2) is 60.9 Å². The Labute approximate surface area is 355 Å². The molecule has 6 heteroatoms. The van der Waals surface area contributed by atoms with E-state index in [1.807, 2.05) is 13.8 Å². The number of carbonyl (C=O) groups excluding carboxylic acids is 2. The van der Waals surface area contributed by atoms with Crippen molar-refractivity contribution in [3.05, 3.63) is 0 Å². The fourth-order valence-corrected chi connectivity index (χ4v) is 9.01. The van der Waals surface area contributed by atoms with Crippen LogP contribution < -0.4 is 0 Å². The third-order valence-corrected chi connectivity index (χ3v) is 13.1. The third kappa shape index (κ3) is 28.1. The van der Waals surface area contributed by atoms with Crippen molar-refractivity contribution in [2.24, 2.45) is 10.8 Å². The smallest absolute Gasteiger partial charge is 0.312 e. The number of carbonyl (C=O) groups is 2. The van der Waals surface area contributed by atoms with E-state index in [4.69, 9.17) is 9.47 Å². The Kier molecular flexibility index (Phi) is 34.7. The van der Waals surface area contributed by atoms with Crippen LogP contribution in [0.25, 0.3) is 0 Å². The van der Waals surface area contributed by atoms with Crippen molar-refractivity contribution in [1.82, 2.24) is 4.90 Å². The molecule has 0 unspecified atom stereocenters. The number of esters is 2. The van der Waals surface area contributed by atoms with Crippen LogP contribution in [0.4, 0.5) is 0 Å². The number of ether oxygens (including phenoxy) is 2. The Morgan fingerprint density at radius 3 is 1.54 bits per heavy atom. The molecular weight excluding hydrogens is 707 g/mol. The summed E-state index contributed by atoms with van der Waals surface area (Å²) in [6, 6.07) is 0. The molecule has 1 rings (SSSR count). The monoisotopic (exact) mass is 806 g/mol. The van der Waals surface area contributed by atoms with Crippen LogP contribution in [0.5, 0.6) is 0 Å². The topological polar surface area (TPSA) is 76.1 Å². The minimum absolute atomic E-state index is 0.0340. The van der Waals surface area contributed by atoms with E-state index in [0.717, 1.165) is 116 Å². The van der Waals surface area contributed by atoms with Gasteiger partial charge in [-0.3, -0.25) is 9.59 Å². The highest BCUT2D eigenvalue weighted by Crippen LogP contribution is 2.44. The van der Waals surface area contributed by atoms with E-state index >= 15 is 0 Å². The summed E-state index contributed by atoms with van der Waals surface area (Å²) in [4.78, 5) is 29.2. The molecule has 0 aliphatic heterocycles. The zero-order valence-electron chi connectivity index (χ0n) is 39.1. The summed E-state index contributed by atoms with van der Waals surface area (Å²) < 4.78 is 12.1. The lowest BCUT2D eigenvalue weighted by molar-refractivity contribution is -0.163. The Bertz CT molecular complexity index is 899. The molecule has 0 bridgehead atoms. The maximum absolute atomic E-state index is 13.9. The summed E-state index contributed by atoms with van der Waals surface area (Å²) in [6.07, 6.45) is 42.6. The molecule has 1 aliphatic rings. The second kappa shape index (κ2) is 36.7. The van der Waals surface area contributed by atoms with Crippen molar-refractivity contribution >= 4 is 11.9 Å². The molecule has 6 nitrogen and oxygen atoms in total. The molecule has 0 spiro atoms. The number of nitrogens with zero attached hydrogens (tertiary/aromatic N) is 1. The van der Waals surface area contributed by atoms with Crippen LogP contribution in [-0.2, 0) is 19.1 Å². The molecule has 338 valence electrons. The highest BCUT2D eigenvalue weighted by atomic mass is 16.5. The lowest BCUT2D eigenvalue weighted by Crippen LogP contribution is -2.33. The molecule has 0 aromatic heterocycles. The van der Waals surface area contributed by atoms with Crippen molar-refractivity contribution in [1.29, 1.82) is 0 Å². The van der Waals surface area contributed by atoms with Crippen LogP contribution in [0.1, 0.15) is 266 Å². The van der Waals surface area contributed by atoms with Gasteiger partial charge >= 0.3 is 11.9 Å². The van der Waals surface area contributed by atoms with Gasteiger partial charge in [0.05, 0.1) is 17.4 Å². The highest BCUT2D eigenvalue weighted by molar-refractivity contribution is 5.77. The number of rotatable bonds is 42. The Hall–Kier alpha value is -1.14. The van der Waals surface area contributed by atoms with Crippen molar-refractivity contribution in [2.45, 2.75) is 272 Å². The fourth-order valence-electron chi connectivity index (χ4n) is 9.01. The Balaban J connectivity index is 2.39. The number of aliphatic hydroxyl groups is 1. The normalized spacial score (nSPS) is 14.2. The van der Waals surface area contributed by atoms with Crippen LogP contribution in [0.2, 0.25) is 0 Å². The van der Waals surface area contributed by atoms with E-state index in [1.165, 1.54) is 135 Å². The molecule has 1 fully saturated rings. The summed E-state index contributed by atoms with van der Waals surface area (Å²) in [7, 11) is 0. The molecule has 0 aromatic carbocycles. The first-order chi connectivity index (χ1) is 27.7. The minimum Gasteiger partial charge on any atom is -0.465 e. The van der Waals surface area contributed by atoms with E-state index in [1.54, 1.807) is 0 Å². The van der Waals surface area contributed by atoms with Gasteiger partial charge in [-0.1, -0.05) is 175 Å². The summed E-state index contributed by atoms with van der Waals surface area (Å²) in [6.45, 7) is 14.8. The Morgan fingerprint density at radius 1 is 0.579 bits per heavy atom. The molecule has 0 saturated heterocycles. The van der Waals surface area contributed by atoms with Crippen LogP contribution in [0.3, 0.4) is 0 Å². The molecule has 0 amide bonds. The molecule has 1 aliphatic carbocycles. The van der Waals surface area contributed by atoms with Crippen molar-refractivity contribution in [2.75, 3.05) is 32.8 Å². The van der Waals surface area contributed by atoms with Crippen LogP contribution in [0.15, 0.2) is 0 Å². The van der Waals surface area contributed by atoms with E-state index in [0.29, 0.717) is 6.61 Å². The van der Waals surface area contributed by atoms with Crippen molar-refractivity contribution in [3.8, 4) is 0 Å². The Morgan fingerprint density at radius 2 is 1.02 bits per heavy atom. The fraction of sp³-hybridized carbons (Fsp3) is 0.961.